The van der Waals surface area contributed by atoms with E-state index in [0.29, 0.717) is 23.4 Å². The number of hydrogen-bond donors (Lipinski definition) is 3. The molecule has 2 rings (SSSR count). The van der Waals surface area contributed by atoms with Crippen molar-refractivity contribution in [3.05, 3.63) is 59.7 Å². The maximum Gasteiger partial charge on any atom is 0.412 e. The third kappa shape index (κ3) is 5.99. The number of carbonyl (C=O) groups is 1. The second-order valence-electron chi connectivity index (χ2n) is 5.74. The lowest BCUT2D eigenvalue weighted by molar-refractivity contribution is -0.0484. The molecule has 0 saturated carbocycles. The van der Waals surface area contributed by atoms with Gasteiger partial charge in [0, 0.05) is 25.3 Å². The smallest absolute Gasteiger partial charge is 0.412 e. The first-order valence-electron chi connectivity index (χ1n) is 8.56. The van der Waals surface area contributed by atoms with Crippen LogP contribution in [0, 0.1) is 11.3 Å². The van der Waals surface area contributed by atoms with Gasteiger partial charge in [-0.2, -0.15) is 5.26 Å². The minimum atomic E-state index is -0.768. The van der Waals surface area contributed by atoms with E-state index in [-0.39, 0.29) is 18.8 Å². The summed E-state index contributed by atoms with van der Waals surface area (Å²) in [6.07, 6.45) is -1.73. The highest BCUT2D eigenvalue weighted by molar-refractivity contribution is 5.84. The first-order chi connectivity index (χ1) is 13.1. The average Bonchev–Trinajstić information content (AvgIpc) is 2.67. The van der Waals surface area contributed by atoms with Crippen molar-refractivity contribution in [2.75, 3.05) is 18.5 Å². The number of benzene rings is 2. The summed E-state index contributed by atoms with van der Waals surface area (Å²) in [5.41, 5.74) is 1.60. The Kier molecular flexibility index (Phi) is 7.62. The van der Waals surface area contributed by atoms with Crippen LogP contribution in [0.5, 0.6) is 5.75 Å². The molecule has 2 aromatic carbocycles. The Balaban J connectivity index is 2.17. The number of nitrogens with one attached hydrogen (secondary N) is 1. The molecule has 0 unspecified atom stereocenters. The van der Waals surface area contributed by atoms with Crippen molar-refractivity contribution in [3.63, 3.8) is 0 Å². The van der Waals surface area contributed by atoms with Crippen LogP contribution in [-0.4, -0.2) is 35.6 Å². The number of ether oxygens (including phenoxy) is 2. The fourth-order valence-electron chi connectivity index (χ4n) is 2.58. The maximum atomic E-state index is 12.4. The van der Waals surface area contributed by atoms with Gasteiger partial charge in [0.05, 0.1) is 11.6 Å². The molecule has 0 aliphatic heterocycles. The average molecular weight is 370 g/mol. The Labute approximate surface area is 157 Å². The molecule has 2 atom stereocenters. The highest BCUT2D eigenvalue weighted by Crippen LogP contribution is 2.28. The van der Waals surface area contributed by atoms with E-state index in [4.69, 9.17) is 14.7 Å². The third-order valence-corrected chi connectivity index (χ3v) is 3.85. The van der Waals surface area contributed by atoms with Crippen LogP contribution in [0.1, 0.15) is 30.6 Å². The number of rotatable bonds is 8. The van der Waals surface area contributed by atoms with Crippen LogP contribution in [0.3, 0.4) is 0 Å². The molecule has 0 spiro atoms. The normalized spacial score (nSPS) is 12.6. The molecule has 142 valence electrons. The summed E-state index contributed by atoms with van der Waals surface area (Å²) in [5.74, 6) is 0.0923. The number of hydrogen-bond acceptors (Lipinski definition) is 6. The van der Waals surface area contributed by atoms with Gasteiger partial charge in [0.15, 0.2) is 6.10 Å². The van der Waals surface area contributed by atoms with Gasteiger partial charge in [0.2, 0.25) is 0 Å². The topological polar surface area (TPSA) is 112 Å². The van der Waals surface area contributed by atoms with Crippen molar-refractivity contribution in [3.8, 4) is 11.8 Å². The number of anilines is 1. The monoisotopic (exact) mass is 370 g/mol. The van der Waals surface area contributed by atoms with Crippen LogP contribution < -0.4 is 5.32 Å². The van der Waals surface area contributed by atoms with Gasteiger partial charge >= 0.3 is 6.09 Å². The second-order valence-corrected chi connectivity index (χ2v) is 5.74. The number of nitrogens with zero attached hydrogens (tertiary/aromatic N) is 1. The van der Waals surface area contributed by atoms with E-state index in [1.807, 2.05) is 13.0 Å². The third-order valence-electron chi connectivity index (χ3n) is 3.85. The van der Waals surface area contributed by atoms with Crippen LogP contribution >= 0.6 is 0 Å². The van der Waals surface area contributed by atoms with E-state index in [9.17, 15) is 15.0 Å². The summed E-state index contributed by atoms with van der Waals surface area (Å²) in [7, 11) is 0. The summed E-state index contributed by atoms with van der Waals surface area (Å²) < 4.78 is 11.2. The Bertz CT molecular complexity index is 762. The number of nitriles is 1. The molecule has 3 N–H and O–H groups in total. The number of aliphatic hydroxyl groups excluding tert-OH is 1. The minimum Gasteiger partial charge on any atom is -0.508 e. The van der Waals surface area contributed by atoms with Crippen LogP contribution in [-0.2, 0) is 9.47 Å². The van der Waals surface area contributed by atoms with Crippen molar-refractivity contribution in [2.24, 2.45) is 0 Å². The minimum absolute atomic E-state index is 0.0923. The zero-order valence-electron chi connectivity index (χ0n) is 15.0. The van der Waals surface area contributed by atoms with E-state index < -0.39 is 18.3 Å². The van der Waals surface area contributed by atoms with E-state index in [0.717, 1.165) is 0 Å². The molecule has 0 aliphatic rings. The lowest BCUT2D eigenvalue weighted by Crippen LogP contribution is -2.29. The van der Waals surface area contributed by atoms with Gasteiger partial charge in [-0.15, -0.1) is 0 Å². The molecule has 1 amide bonds. The van der Waals surface area contributed by atoms with Crippen molar-refractivity contribution >= 4 is 11.8 Å². The van der Waals surface area contributed by atoms with Gasteiger partial charge in [-0.3, -0.25) is 5.32 Å². The molecule has 0 radical (unpaired) electrons. The van der Waals surface area contributed by atoms with Gasteiger partial charge in [0.25, 0.3) is 0 Å². The van der Waals surface area contributed by atoms with Crippen molar-refractivity contribution in [2.45, 2.75) is 25.6 Å². The summed E-state index contributed by atoms with van der Waals surface area (Å²) in [5, 5.41) is 30.2. The van der Waals surface area contributed by atoms with Gasteiger partial charge in [0.1, 0.15) is 11.9 Å². The van der Waals surface area contributed by atoms with Crippen LogP contribution in [0.2, 0.25) is 0 Å². The molecule has 0 fully saturated rings. The standard InChI is InChI=1S/C20H22N2O5/c1-2-26-18(11-12-23)19(15-5-9-17(24)10-6-15)27-20(25)22-16-7-3-14(13-21)4-8-16/h3-10,18-19,23-24H,2,11-12H2,1H3,(H,22,25)/t18-,19-/m1/s1. The van der Waals surface area contributed by atoms with Crippen LogP contribution in [0.15, 0.2) is 48.5 Å². The van der Waals surface area contributed by atoms with Gasteiger partial charge in [-0.25, -0.2) is 4.79 Å². The lowest BCUT2D eigenvalue weighted by Gasteiger charge is -2.27. The Morgan fingerprint density at radius 2 is 1.85 bits per heavy atom. The first-order valence-corrected chi connectivity index (χ1v) is 8.56. The van der Waals surface area contributed by atoms with Gasteiger partial charge < -0.3 is 19.7 Å². The second kappa shape index (κ2) is 10.2. The number of amides is 1. The lowest BCUT2D eigenvalue weighted by atomic mass is 10.0. The zero-order chi connectivity index (χ0) is 19.6. The SMILES string of the molecule is CCO[C@H](CCO)[C@H](OC(=O)Nc1ccc(C#N)cc1)c1ccc(O)cc1. The molecule has 27 heavy (non-hydrogen) atoms. The fraction of sp³-hybridized carbons (Fsp3) is 0.300. The van der Waals surface area contributed by atoms with E-state index in [1.165, 1.54) is 12.1 Å². The maximum absolute atomic E-state index is 12.4. The first kappa shape index (κ1) is 20.2. The van der Waals surface area contributed by atoms with Crippen molar-refractivity contribution in [1.82, 2.24) is 0 Å². The Hall–Kier alpha value is -3.08. The number of phenolic OH excluding ortho intramolecular Hbond substituents is 1. The molecule has 7 heteroatoms. The number of phenols is 1. The molecule has 0 heterocycles. The van der Waals surface area contributed by atoms with E-state index >= 15 is 0 Å². The van der Waals surface area contributed by atoms with E-state index in [1.54, 1.807) is 36.4 Å². The molecule has 2 aromatic rings. The molecule has 7 nitrogen and oxygen atoms in total. The predicted molar refractivity (Wildman–Crippen MR) is 99.2 cm³/mol. The van der Waals surface area contributed by atoms with Crippen LogP contribution in [0.25, 0.3) is 0 Å². The predicted octanol–water partition coefficient (Wildman–Crippen LogP) is 3.34. The fourth-order valence-corrected chi connectivity index (χ4v) is 2.58. The zero-order valence-corrected chi connectivity index (χ0v) is 15.0. The summed E-state index contributed by atoms with van der Waals surface area (Å²) in [4.78, 5) is 12.4. The quantitative estimate of drug-likeness (QED) is 0.657. The molecule has 0 bridgehead atoms. The summed E-state index contributed by atoms with van der Waals surface area (Å²) >= 11 is 0. The van der Waals surface area contributed by atoms with E-state index in [2.05, 4.69) is 5.32 Å². The largest absolute Gasteiger partial charge is 0.508 e. The number of carbonyl (C=O) groups excluding carboxylic acids is 1. The molecular weight excluding hydrogens is 348 g/mol. The molecular formula is C20H22N2O5. The molecule has 0 saturated heterocycles. The molecule has 0 aliphatic carbocycles. The van der Waals surface area contributed by atoms with Gasteiger partial charge in [-0.1, -0.05) is 12.1 Å². The Morgan fingerprint density at radius 1 is 1.19 bits per heavy atom. The highest BCUT2D eigenvalue weighted by atomic mass is 16.6. The highest BCUT2D eigenvalue weighted by Gasteiger charge is 2.27. The summed E-state index contributed by atoms with van der Waals surface area (Å²) in [6, 6.07) is 14.6. The number of aliphatic hydroxyl groups is 1. The van der Waals surface area contributed by atoms with Crippen LogP contribution in [0.4, 0.5) is 10.5 Å². The molecule has 0 aromatic heterocycles. The Morgan fingerprint density at radius 3 is 2.41 bits per heavy atom. The summed E-state index contributed by atoms with van der Waals surface area (Å²) in [6.45, 7) is 2.08. The number of aromatic hydroxyl groups is 1. The van der Waals surface area contributed by atoms with Gasteiger partial charge in [-0.05, 0) is 48.9 Å². The van der Waals surface area contributed by atoms with Crippen molar-refractivity contribution < 1.29 is 24.5 Å². The van der Waals surface area contributed by atoms with Crippen molar-refractivity contribution in [1.29, 1.82) is 5.26 Å².